The van der Waals surface area contributed by atoms with Crippen LogP contribution >= 0.6 is 0 Å². The number of anilines is 1. The molecule has 124 valence electrons. The topological polar surface area (TPSA) is 73.4 Å². The van der Waals surface area contributed by atoms with Crippen molar-refractivity contribution in [1.29, 1.82) is 0 Å². The minimum absolute atomic E-state index is 0.224. The van der Waals surface area contributed by atoms with Gasteiger partial charge in [0.1, 0.15) is 11.4 Å². The highest BCUT2D eigenvalue weighted by molar-refractivity contribution is 5.68. The Kier molecular flexibility index (Phi) is 4.68. The molecule has 0 atom stereocenters. The Labute approximate surface area is 132 Å². The highest BCUT2D eigenvalue weighted by Gasteiger charge is 2.28. The van der Waals surface area contributed by atoms with Crippen LogP contribution in [-0.4, -0.2) is 39.5 Å². The van der Waals surface area contributed by atoms with Crippen molar-refractivity contribution >= 4 is 11.9 Å². The Morgan fingerprint density at radius 3 is 2.41 bits per heavy atom. The summed E-state index contributed by atoms with van der Waals surface area (Å²) in [5.74, 6) is 1.07. The van der Waals surface area contributed by atoms with Gasteiger partial charge < -0.3 is 15.4 Å². The molecule has 0 radical (unpaired) electrons. The van der Waals surface area contributed by atoms with Crippen LogP contribution < -0.4 is 5.73 Å². The smallest absolute Gasteiger partial charge is 0.410 e. The highest BCUT2D eigenvalue weighted by atomic mass is 16.6. The fraction of sp³-hybridized carbons (Fsp3) is 0.750. The van der Waals surface area contributed by atoms with Gasteiger partial charge in [-0.05, 0) is 47.5 Å². The number of nitrogens with two attached hydrogens (primary N) is 1. The standard InChI is InChI=1S/C16H28N4O2/c1-11(2)20-14(17)10-13(18-20)12-6-8-19(9-7-12)15(21)22-16(3,4)5/h10-12H,6-9,17H2,1-5H3. The summed E-state index contributed by atoms with van der Waals surface area (Å²) in [7, 11) is 0. The summed E-state index contributed by atoms with van der Waals surface area (Å²) in [6.07, 6.45) is 1.57. The summed E-state index contributed by atoms with van der Waals surface area (Å²) in [4.78, 5) is 13.9. The van der Waals surface area contributed by atoms with Crippen LogP contribution in [0.25, 0.3) is 0 Å². The summed E-state index contributed by atoms with van der Waals surface area (Å²) in [6, 6.07) is 2.23. The maximum Gasteiger partial charge on any atom is 0.410 e. The molecule has 0 aromatic carbocycles. The quantitative estimate of drug-likeness (QED) is 0.910. The monoisotopic (exact) mass is 308 g/mol. The second kappa shape index (κ2) is 6.18. The third-order valence-electron chi connectivity index (χ3n) is 3.84. The molecule has 2 rings (SSSR count). The van der Waals surface area contributed by atoms with Gasteiger partial charge in [0.15, 0.2) is 0 Å². The predicted octanol–water partition coefficient (Wildman–Crippen LogP) is 3.16. The van der Waals surface area contributed by atoms with Gasteiger partial charge in [0.05, 0.1) is 5.69 Å². The molecule has 2 heterocycles. The minimum atomic E-state index is -0.446. The van der Waals surface area contributed by atoms with Gasteiger partial charge in [-0.3, -0.25) is 0 Å². The van der Waals surface area contributed by atoms with Crippen LogP contribution in [-0.2, 0) is 4.74 Å². The van der Waals surface area contributed by atoms with E-state index >= 15 is 0 Å². The van der Waals surface area contributed by atoms with Gasteiger partial charge in [-0.2, -0.15) is 5.10 Å². The molecule has 2 N–H and O–H groups in total. The molecule has 0 aliphatic carbocycles. The molecule has 1 aromatic heterocycles. The van der Waals surface area contributed by atoms with Crippen molar-refractivity contribution in [2.24, 2.45) is 0 Å². The average molecular weight is 308 g/mol. The van der Waals surface area contributed by atoms with Gasteiger partial charge in [0.2, 0.25) is 0 Å². The third kappa shape index (κ3) is 3.93. The van der Waals surface area contributed by atoms with Crippen molar-refractivity contribution < 1.29 is 9.53 Å². The molecule has 22 heavy (non-hydrogen) atoms. The molecule has 1 saturated heterocycles. The zero-order chi connectivity index (χ0) is 16.5. The number of piperidine rings is 1. The van der Waals surface area contributed by atoms with Gasteiger partial charge in [-0.15, -0.1) is 0 Å². The lowest BCUT2D eigenvalue weighted by atomic mass is 9.94. The van der Waals surface area contributed by atoms with E-state index in [4.69, 9.17) is 10.5 Å². The number of amides is 1. The van der Waals surface area contributed by atoms with Crippen LogP contribution in [0.2, 0.25) is 0 Å². The van der Waals surface area contributed by atoms with Crippen LogP contribution in [0, 0.1) is 0 Å². The van der Waals surface area contributed by atoms with E-state index in [1.165, 1.54) is 0 Å². The maximum absolute atomic E-state index is 12.1. The van der Waals surface area contributed by atoms with E-state index in [9.17, 15) is 4.79 Å². The summed E-state index contributed by atoms with van der Waals surface area (Å²) < 4.78 is 7.28. The van der Waals surface area contributed by atoms with E-state index in [-0.39, 0.29) is 12.1 Å². The second-order valence-electron chi connectivity index (χ2n) is 7.27. The molecule has 1 amide bonds. The Morgan fingerprint density at radius 2 is 1.95 bits per heavy atom. The zero-order valence-corrected chi connectivity index (χ0v) is 14.3. The van der Waals surface area contributed by atoms with Crippen LogP contribution in [0.1, 0.15) is 65.1 Å². The lowest BCUT2D eigenvalue weighted by Gasteiger charge is -2.32. The number of likely N-dealkylation sites (tertiary alicyclic amines) is 1. The number of carbonyl (C=O) groups is 1. The first-order chi connectivity index (χ1) is 10.2. The number of rotatable bonds is 2. The zero-order valence-electron chi connectivity index (χ0n) is 14.3. The first-order valence-corrected chi connectivity index (χ1v) is 8.00. The van der Waals surface area contributed by atoms with Gasteiger partial charge >= 0.3 is 6.09 Å². The molecular formula is C16H28N4O2. The van der Waals surface area contributed by atoms with E-state index in [0.29, 0.717) is 24.8 Å². The Morgan fingerprint density at radius 1 is 1.36 bits per heavy atom. The largest absolute Gasteiger partial charge is 0.444 e. The number of carbonyl (C=O) groups excluding carboxylic acids is 1. The van der Waals surface area contributed by atoms with Crippen molar-refractivity contribution in [2.75, 3.05) is 18.8 Å². The van der Waals surface area contributed by atoms with Gasteiger partial charge in [0, 0.05) is 31.1 Å². The Balaban J connectivity index is 1.95. The number of nitrogen functional groups attached to an aromatic ring is 1. The molecule has 1 aromatic rings. The van der Waals surface area contributed by atoms with Crippen LogP contribution in [0.3, 0.4) is 0 Å². The molecule has 6 nitrogen and oxygen atoms in total. The molecule has 1 aliphatic heterocycles. The first-order valence-electron chi connectivity index (χ1n) is 8.00. The Bertz CT molecular complexity index is 523. The van der Waals surface area contributed by atoms with E-state index in [1.807, 2.05) is 31.5 Å². The number of aromatic nitrogens is 2. The predicted molar refractivity (Wildman–Crippen MR) is 86.8 cm³/mol. The second-order valence-corrected chi connectivity index (χ2v) is 7.27. The summed E-state index contributed by atoms with van der Waals surface area (Å²) in [6.45, 7) is 11.2. The van der Waals surface area contributed by atoms with Crippen molar-refractivity contribution in [2.45, 2.75) is 65.0 Å². The summed E-state index contributed by atoms with van der Waals surface area (Å²) >= 11 is 0. The lowest BCUT2D eigenvalue weighted by Crippen LogP contribution is -2.41. The third-order valence-corrected chi connectivity index (χ3v) is 3.84. The summed E-state index contributed by atoms with van der Waals surface area (Å²) in [5, 5.41) is 4.62. The van der Waals surface area contributed by atoms with Crippen molar-refractivity contribution in [1.82, 2.24) is 14.7 Å². The number of ether oxygens (including phenoxy) is 1. The lowest BCUT2D eigenvalue weighted by molar-refractivity contribution is 0.0204. The van der Waals surface area contributed by atoms with Crippen molar-refractivity contribution in [3.63, 3.8) is 0 Å². The highest BCUT2D eigenvalue weighted by Crippen LogP contribution is 2.29. The number of hydrogen-bond donors (Lipinski definition) is 1. The fourth-order valence-electron chi connectivity index (χ4n) is 2.73. The molecule has 0 unspecified atom stereocenters. The fourth-order valence-corrected chi connectivity index (χ4v) is 2.73. The molecule has 6 heteroatoms. The number of hydrogen-bond acceptors (Lipinski definition) is 4. The van der Waals surface area contributed by atoms with Gasteiger partial charge in [0.25, 0.3) is 0 Å². The Hall–Kier alpha value is -1.72. The molecular weight excluding hydrogens is 280 g/mol. The average Bonchev–Trinajstić information content (AvgIpc) is 2.79. The normalized spacial score (nSPS) is 17.1. The van der Waals surface area contributed by atoms with E-state index in [1.54, 1.807) is 4.90 Å². The SMILES string of the molecule is CC(C)n1nc(C2CCN(C(=O)OC(C)(C)C)CC2)cc1N. The molecule has 1 fully saturated rings. The van der Waals surface area contributed by atoms with Gasteiger partial charge in [-0.25, -0.2) is 9.48 Å². The molecule has 0 spiro atoms. The molecule has 0 saturated carbocycles. The van der Waals surface area contributed by atoms with E-state index in [0.717, 1.165) is 18.5 Å². The van der Waals surface area contributed by atoms with Crippen molar-refractivity contribution in [3.8, 4) is 0 Å². The van der Waals surface area contributed by atoms with E-state index in [2.05, 4.69) is 18.9 Å². The van der Waals surface area contributed by atoms with Crippen molar-refractivity contribution in [3.05, 3.63) is 11.8 Å². The minimum Gasteiger partial charge on any atom is -0.444 e. The van der Waals surface area contributed by atoms with Crippen LogP contribution in [0.4, 0.5) is 10.6 Å². The maximum atomic E-state index is 12.1. The molecule has 1 aliphatic rings. The van der Waals surface area contributed by atoms with Gasteiger partial charge in [-0.1, -0.05) is 0 Å². The first kappa shape index (κ1) is 16.6. The van der Waals surface area contributed by atoms with Crippen LogP contribution in [0.15, 0.2) is 6.07 Å². The molecule has 0 bridgehead atoms. The number of nitrogens with zero attached hydrogens (tertiary/aromatic N) is 3. The van der Waals surface area contributed by atoms with E-state index < -0.39 is 5.60 Å². The summed E-state index contributed by atoms with van der Waals surface area (Å²) in [5.41, 5.74) is 6.60. The van der Waals surface area contributed by atoms with Crippen LogP contribution in [0.5, 0.6) is 0 Å².